The summed E-state index contributed by atoms with van der Waals surface area (Å²) in [7, 11) is 1.77. The zero-order chi connectivity index (χ0) is 30.1. The summed E-state index contributed by atoms with van der Waals surface area (Å²) in [4.78, 5) is 13.1. The SMILES string of the molecule is Cc1cc(C(O)(c2ccc(C#N)nc2)c2cncn2C)cc2c(C#N)c(Cc3ccc(-n4cccn4)cc3)c(C#N)nc12. The van der Waals surface area contributed by atoms with Gasteiger partial charge in [-0.05, 0) is 53.9 Å². The van der Waals surface area contributed by atoms with E-state index in [2.05, 4.69) is 32.2 Å². The van der Waals surface area contributed by atoms with Crippen LogP contribution in [0.4, 0.5) is 0 Å². The van der Waals surface area contributed by atoms with Crippen LogP contribution in [0.15, 0.2) is 85.7 Å². The highest BCUT2D eigenvalue weighted by atomic mass is 16.3. The third-order valence-corrected chi connectivity index (χ3v) is 7.59. The number of hydrogen-bond acceptors (Lipinski definition) is 8. The van der Waals surface area contributed by atoms with E-state index < -0.39 is 5.60 Å². The van der Waals surface area contributed by atoms with Gasteiger partial charge in [-0.3, -0.25) is 0 Å². The molecule has 0 aliphatic carbocycles. The van der Waals surface area contributed by atoms with E-state index in [9.17, 15) is 20.9 Å². The van der Waals surface area contributed by atoms with Crippen LogP contribution in [0.25, 0.3) is 16.6 Å². The molecule has 0 aliphatic rings. The number of hydrogen-bond donors (Lipinski definition) is 1. The predicted molar refractivity (Wildman–Crippen MR) is 157 cm³/mol. The third-order valence-electron chi connectivity index (χ3n) is 7.59. The minimum atomic E-state index is -1.73. The first-order chi connectivity index (χ1) is 20.9. The summed E-state index contributed by atoms with van der Waals surface area (Å²) >= 11 is 0. The smallest absolute Gasteiger partial charge is 0.158 e. The maximum absolute atomic E-state index is 12.5. The van der Waals surface area contributed by atoms with Gasteiger partial charge < -0.3 is 9.67 Å². The molecule has 0 amide bonds. The summed E-state index contributed by atoms with van der Waals surface area (Å²) < 4.78 is 3.46. The van der Waals surface area contributed by atoms with Gasteiger partial charge in [-0.15, -0.1) is 0 Å². The van der Waals surface area contributed by atoms with Crippen molar-refractivity contribution in [3.05, 3.63) is 136 Å². The molecule has 0 bridgehead atoms. The number of rotatable bonds is 6. The van der Waals surface area contributed by atoms with Gasteiger partial charge in [-0.1, -0.05) is 24.3 Å². The van der Waals surface area contributed by atoms with Crippen LogP contribution >= 0.6 is 0 Å². The van der Waals surface area contributed by atoms with Crippen molar-refractivity contribution in [2.45, 2.75) is 18.9 Å². The first kappa shape index (κ1) is 27.0. The zero-order valence-corrected chi connectivity index (χ0v) is 23.3. The summed E-state index contributed by atoms with van der Waals surface area (Å²) in [6, 6.07) is 22.8. The Balaban J connectivity index is 1.54. The lowest BCUT2D eigenvalue weighted by atomic mass is 9.82. The Morgan fingerprint density at radius 1 is 0.953 bits per heavy atom. The molecular weight excluding hydrogens is 538 g/mol. The Morgan fingerprint density at radius 2 is 1.77 bits per heavy atom. The number of aliphatic hydroxyl groups is 1. The maximum atomic E-state index is 12.5. The lowest BCUT2D eigenvalue weighted by Crippen LogP contribution is -2.31. The molecule has 0 saturated heterocycles. The van der Waals surface area contributed by atoms with Gasteiger partial charge in [-0.25, -0.2) is 19.6 Å². The van der Waals surface area contributed by atoms with Crippen LogP contribution in [0.5, 0.6) is 0 Å². The number of pyridine rings is 2. The largest absolute Gasteiger partial charge is 0.374 e. The fourth-order valence-corrected chi connectivity index (χ4v) is 5.41. The summed E-state index contributed by atoms with van der Waals surface area (Å²) in [6.07, 6.45) is 8.48. The van der Waals surface area contributed by atoms with Crippen molar-refractivity contribution in [1.82, 2.24) is 29.3 Å². The number of imidazole rings is 1. The van der Waals surface area contributed by atoms with E-state index in [1.807, 2.05) is 49.5 Å². The summed E-state index contributed by atoms with van der Waals surface area (Å²) in [5.74, 6) is 0. The molecule has 0 fully saturated rings. The Labute approximate surface area is 247 Å². The van der Waals surface area contributed by atoms with Crippen LogP contribution in [0, 0.1) is 40.9 Å². The predicted octanol–water partition coefficient (Wildman–Crippen LogP) is 4.35. The molecule has 6 rings (SSSR count). The molecule has 1 atom stereocenters. The molecule has 0 aliphatic heterocycles. The average Bonchev–Trinajstić information content (AvgIpc) is 3.73. The van der Waals surface area contributed by atoms with Crippen LogP contribution < -0.4 is 0 Å². The molecule has 4 heterocycles. The van der Waals surface area contributed by atoms with E-state index in [0.29, 0.717) is 50.8 Å². The molecule has 10 nitrogen and oxygen atoms in total. The van der Waals surface area contributed by atoms with Gasteiger partial charge in [0, 0.05) is 48.6 Å². The molecule has 6 aromatic rings. The first-order valence-corrected chi connectivity index (χ1v) is 13.3. The van der Waals surface area contributed by atoms with Gasteiger partial charge in [0.15, 0.2) is 5.60 Å². The fraction of sp³-hybridized carbons (Fsp3) is 0.121. The molecule has 0 radical (unpaired) electrons. The molecule has 2 aromatic carbocycles. The van der Waals surface area contributed by atoms with Crippen LogP contribution in [-0.2, 0) is 19.1 Å². The monoisotopic (exact) mass is 561 g/mol. The van der Waals surface area contributed by atoms with Gasteiger partial charge in [0.25, 0.3) is 0 Å². The highest BCUT2D eigenvalue weighted by molar-refractivity contribution is 5.90. The molecular formula is C33H23N9O. The van der Waals surface area contributed by atoms with Gasteiger partial charge >= 0.3 is 0 Å². The maximum Gasteiger partial charge on any atom is 0.158 e. The Morgan fingerprint density at radius 3 is 2.37 bits per heavy atom. The van der Waals surface area contributed by atoms with Crippen molar-refractivity contribution in [3.8, 4) is 23.9 Å². The van der Waals surface area contributed by atoms with E-state index in [0.717, 1.165) is 11.3 Å². The molecule has 43 heavy (non-hydrogen) atoms. The Kier molecular flexibility index (Phi) is 6.72. The number of nitriles is 3. The molecule has 1 unspecified atom stereocenters. The topological polar surface area (TPSA) is 153 Å². The molecule has 0 saturated carbocycles. The van der Waals surface area contributed by atoms with Crippen molar-refractivity contribution < 1.29 is 5.11 Å². The van der Waals surface area contributed by atoms with E-state index >= 15 is 0 Å². The van der Waals surface area contributed by atoms with Crippen molar-refractivity contribution in [2.75, 3.05) is 0 Å². The molecule has 4 aromatic heterocycles. The van der Waals surface area contributed by atoms with Crippen molar-refractivity contribution in [1.29, 1.82) is 15.8 Å². The highest BCUT2D eigenvalue weighted by Crippen LogP contribution is 2.39. The van der Waals surface area contributed by atoms with Gasteiger partial charge in [0.05, 0.1) is 35.0 Å². The van der Waals surface area contributed by atoms with Crippen molar-refractivity contribution >= 4 is 10.9 Å². The lowest BCUT2D eigenvalue weighted by molar-refractivity contribution is 0.117. The second-order valence-electron chi connectivity index (χ2n) is 10.2. The van der Waals surface area contributed by atoms with Crippen LogP contribution in [0.3, 0.4) is 0 Å². The lowest BCUT2D eigenvalue weighted by Gasteiger charge is -2.30. The molecule has 0 spiro atoms. The summed E-state index contributed by atoms with van der Waals surface area (Å²) in [6.45, 7) is 1.83. The highest BCUT2D eigenvalue weighted by Gasteiger charge is 2.38. The number of aromatic nitrogens is 6. The number of fused-ring (bicyclic) bond motifs is 1. The van der Waals surface area contributed by atoms with Crippen LogP contribution in [-0.4, -0.2) is 34.4 Å². The Bertz CT molecular complexity index is 2110. The van der Waals surface area contributed by atoms with Crippen LogP contribution in [0.1, 0.15) is 50.5 Å². The van der Waals surface area contributed by atoms with E-state index in [1.54, 1.807) is 59.3 Å². The van der Waals surface area contributed by atoms with Gasteiger partial charge in [0.1, 0.15) is 29.6 Å². The van der Waals surface area contributed by atoms with Crippen molar-refractivity contribution in [2.24, 2.45) is 7.05 Å². The normalized spacial score (nSPS) is 12.3. The van der Waals surface area contributed by atoms with Crippen molar-refractivity contribution in [3.63, 3.8) is 0 Å². The average molecular weight is 562 g/mol. The number of benzene rings is 2. The standard InChI is InChI=1S/C33H23N9O/c1-21-12-24(33(43,31-19-37-20-41(31)2)23-6-7-25(15-34)38-18-23)14-28-29(16-35)27(30(17-36)40-32(21)28)13-22-4-8-26(9-5-22)42-11-3-10-39-42/h3-12,14,18-20,43H,13H2,1-2H3. The minimum absolute atomic E-state index is 0.175. The quantitative estimate of drug-likeness (QED) is 0.315. The van der Waals surface area contributed by atoms with Crippen LogP contribution in [0.2, 0.25) is 0 Å². The zero-order valence-electron chi connectivity index (χ0n) is 23.3. The van der Waals surface area contributed by atoms with Gasteiger partial charge in [-0.2, -0.15) is 20.9 Å². The number of nitrogens with zero attached hydrogens (tertiary/aromatic N) is 9. The second kappa shape index (κ2) is 10.7. The molecule has 206 valence electrons. The van der Waals surface area contributed by atoms with E-state index in [-0.39, 0.29) is 11.4 Å². The minimum Gasteiger partial charge on any atom is -0.374 e. The number of aryl methyl sites for hydroxylation is 2. The molecule has 1 N–H and O–H groups in total. The Hall–Kier alpha value is -6.15. The summed E-state index contributed by atoms with van der Waals surface area (Å²) in [5, 5.41) is 47.0. The first-order valence-electron chi connectivity index (χ1n) is 13.3. The van der Waals surface area contributed by atoms with E-state index in [1.165, 1.54) is 6.20 Å². The van der Waals surface area contributed by atoms with E-state index in [4.69, 9.17) is 0 Å². The summed E-state index contributed by atoms with van der Waals surface area (Å²) in [5.41, 5.74) is 3.80. The fourth-order valence-electron chi connectivity index (χ4n) is 5.41. The third kappa shape index (κ3) is 4.57. The van der Waals surface area contributed by atoms with Gasteiger partial charge in [0.2, 0.25) is 0 Å². The molecule has 10 heteroatoms. The second-order valence-corrected chi connectivity index (χ2v) is 10.2.